The first-order valence-corrected chi connectivity index (χ1v) is 20.2. The monoisotopic (exact) mass is 780 g/mol. The Hall–Kier alpha value is -3.50. The smallest absolute Gasteiger partial charge is 0.306 e. The first kappa shape index (κ1) is 40.2. The van der Waals surface area contributed by atoms with Crippen molar-refractivity contribution in [3.8, 4) is 17.2 Å². The van der Waals surface area contributed by atoms with Gasteiger partial charge in [-0.2, -0.15) is 0 Å². The van der Waals surface area contributed by atoms with Gasteiger partial charge in [0.05, 0.1) is 28.5 Å². The molecule has 3 aromatic carbocycles. The van der Waals surface area contributed by atoms with Crippen LogP contribution >= 0.6 is 23.2 Å². The minimum atomic E-state index is -0.689. The van der Waals surface area contributed by atoms with Gasteiger partial charge in [0.25, 0.3) is 0 Å². The third-order valence-electron chi connectivity index (χ3n) is 11.0. The Bertz CT molecular complexity index is 1690. The van der Waals surface area contributed by atoms with Gasteiger partial charge >= 0.3 is 5.97 Å². The normalized spacial score (nSPS) is 21.3. The number of ether oxygens (including phenoxy) is 4. The molecule has 0 bridgehead atoms. The molecule has 9 nitrogen and oxygen atoms in total. The molecule has 3 aliphatic rings. The Balaban J connectivity index is 1.09. The molecule has 0 unspecified atom stereocenters. The number of benzene rings is 3. The van der Waals surface area contributed by atoms with E-state index in [9.17, 15) is 14.7 Å². The molecule has 3 aromatic rings. The fourth-order valence-corrected chi connectivity index (χ4v) is 8.60. The average Bonchev–Trinajstić information content (AvgIpc) is 4.01. The van der Waals surface area contributed by atoms with Crippen molar-refractivity contribution >= 4 is 35.1 Å². The number of amides is 1. The highest BCUT2D eigenvalue weighted by atomic mass is 35.5. The van der Waals surface area contributed by atoms with E-state index in [1.54, 1.807) is 7.11 Å². The van der Waals surface area contributed by atoms with Crippen molar-refractivity contribution in [1.29, 1.82) is 0 Å². The first-order chi connectivity index (χ1) is 26.2. The number of methoxy groups -OCH3 is 1. The standard InChI is InChI=1S/C43H54Cl2N2O7/c1-28-20-39(44)41(40(45)21-28)53-19-18-52-35-13-9-32(10-14-35)37-15-16-46-25-38(37)42(48)47(34-11-12-34)26-31-22-30(4-3-17-51-2)23-36(24-31)54-27-29-5-7-33(8-6-29)43(49)50/h9-10,13-14,20-24,29,33-34,37-38,46H,3-8,11-12,15-19,25-27H2,1-2H3,(H,49,50)/t29?,33?,37-,38+/m1/s1. The lowest BCUT2D eigenvalue weighted by Crippen LogP contribution is -2.47. The Morgan fingerprint density at radius 1 is 0.833 bits per heavy atom. The molecule has 1 saturated heterocycles. The van der Waals surface area contributed by atoms with E-state index in [-0.39, 0.29) is 29.7 Å². The van der Waals surface area contributed by atoms with Crippen LogP contribution in [0, 0.1) is 24.7 Å². The van der Waals surface area contributed by atoms with Crippen LogP contribution in [0.1, 0.15) is 79.5 Å². The number of aryl methyl sites for hydroxylation is 2. The summed E-state index contributed by atoms with van der Waals surface area (Å²) in [6.45, 7) is 5.85. The number of nitrogens with one attached hydrogen (secondary N) is 1. The number of carboxylic acid groups (broad SMARTS) is 1. The molecule has 292 valence electrons. The molecule has 6 rings (SSSR count). The van der Waals surface area contributed by atoms with E-state index in [0.29, 0.717) is 74.1 Å². The van der Waals surface area contributed by atoms with Crippen molar-refractivity contribution in [2.24, 2.45) is 17.8 Å². The number of carbonyl (C=O) groups excluding carboxylic acids is 1. The maximum Gasteiger partial charge on any atom is 0.306 e. The summed E-state index contributed by atoms with van der Waals surface area (Å²) in [5.41, 5.74) is 4.36. The molecule has 2 atom stereocenters. The number of carboxylic acids is 1. The predicted octanol–water partition coefficient (Wildman–Crippen LogP) is 8.49. The van der Waals surface area contributed by atoms with Crippen LogP contribution in [0.15, 0.2) is 54.6 Å². The predicted molar refractivity (Wildman–Crippen MR) is 211 cm³/mol. The zero-order chi connectivity index (χ0) is 38.0. The summed E-state index contributed by atoms with van der Waals surface area (Å²) < 4.78 is 23.5. The highest BCUT2D eigenvalue weighted by Gasteiger charge is 2.40. The summed E-state index contributed by atoms with van der Waals surface area (Å²) in [5, 5.41) is 13.8. The molecule has 3 fully saturated rings. The molecule has 1 amide bonds. The minimum absolute atomic E-state index is 0.0960. The summed E-state index contributed by atoms with van der Waals surface area (Å²) in [5.74, 6) is 1.55. The van der Waals surface area contributed by atoms with Crippen LogP contribution in [0.4, 0.5) is 0 Å². The van der Waals surface area contributed by atoms with Gasteiger partial charge in [-0.05, 0) is 142 Å². The van der Waals surface area contributed by atoms with Crippen LogP contribution in [0.25, 0.3) is 0 Å². The number of rotatable bonds is 18. The van der Waals surface area contributed by atoms with Gasteiger partial charge in [0.15, 0.2) is 5.75 Å². The first-order valence-electron chi connectivity index (χ1n) is 19.5. The van der Waals surface area contributed by atoms with Gasteiger partial charge < -0.3 is 34.3 Å². The SMILES string of the molecule is COCCCc1cc(CN(C(=O)[C@H]2CNCC[C@@H]2c2ccc(OCCOc3c(Cl)cc(C)cc3Cl)cc2)C2CC2)cc(OCC2CCC(C(=O)O)CC2)c1. The second-order valence-electron chi connectivity index (χ2n) is 15.2. The van der Waals surface area contributed by atoms with Crippen molar-refractivity contribution in [1.82, 2.24) is 10.2 Å². The molecule has 2 aliphatic carbocycles. The van der Waals surface area contributed by atoms with E-state index >= 15 is 0 Å². The molecule has 2 N–H and O–H groups in total. The lowest BCUT2D eigenvalue weighted by molar-refractivity contribution is -0.143. The number of carbonyl (C=O) groups is 2. The average molecular weight is 782 g/mol. The van der Waals surface area contributed by atoms with Crippen LogP contribution in [0.5, 0.6) is 17.2 Å². The fraction of sp³-hybridized carbons (Fsp3) is 0.535. The van der Waals surface area contributed by atoms with Gasteiger partial charge in [0, 0.05) is 32.8 Å². The van der Waals surface area contributed by atoms with Crippen LogP contribution in [-0.4, -0.2) is 74.6 Å². The van der Waals surface area contributed by atoms with Crippen molar-refractivity contribution in [2.75, 3.05) is 46.6 Å². The summed E-state index contributed by atoms with van der Waals surface area (Å²) in [4.78, 5) is 28.1. The van der Waals surface area contributed by atoms with Crippen LogP contribution in [0.2, 0.25) is 10.0 Å². The molecule has 2 saturated carbocycles. The topological polar surface area (TPSA) is 107 Å². The highest BCUT2D eigenvalue weighted by Crippen LogP contribution is 2.38. The van der Waals surface area contributed by atoms with Gasteiger partial charge in [-0.3, -0.25) is 9.59 Å². The van der Waals surface area contributed by atoms with Crippen molar-refractivity contribution in [3.05, 3.63) is 86.9 Å². The quantitative estimate of drug-likeness (QED) is 0.124. The largest absolute Gasteiger partial charge is 0.493 e. The number of hydrogen-bond acceptors (Lipinski definition) is 7. The second-order valence-corrected chi connectivity index (χ2v) is 16.0. The summed E-state index contributed by atoms with van der Waals surface area (Å²) in [6, 6.07) is 18.4. The molecule has 0 radical (unpaired) electrons. The van der Waals surface area contributed by atoms with Gasteiger partial charge in [0.2, 0.25) is 5.91 Å². The van der Waals surface area contributed by atoms with E-state index in [2.05, 4.69) is 40.5 Å². The Morgan fingerprint density at radius 2 is 1.54 bits per heavy atom. The summed E-state index contributed by atoms with van der Waals surface area (Å²) in [6.07, 6.45) is 7.80. The van der Waals surface area contributed by atoms with Crippen molar-refractivity contribution in [3.63, 3.8) is 0 Å². The number of piperidine rings is 1. The molecule has 1 heterocycles. The molecular formula is C43H54Cl2N2O7. The minimum Gasteiger partial charge on any atom is -0.493 e. The van der Waals surface area contributed by atoms with E-state index in [1.165, 1.54) is 5.56 Å². The third-order valence-corrected chi connectivity index (χ3v) is 11.6. The Kier molecular flexibility index (Phi) is 14.4. The van der Waals surface area contributed by atoms with Crippen molar-refractivity contribution < 1.29 is 33.6 Å². The molecule has 11 heteroatoms. The number of nitrogens with zero attached hydrogens (tertiary/aromatic N) is 1. The molecule has 0 aromatic heterocycles. The third kappa shape index (κ3) is 11.1. The van der Waals surface area contributed by atoms with Crippen LogP contribution in [0.3, 0.4) is 0 Å². The maximum absolute atomic E-state index is 14.5. The molecular weight excluding hydrogens is 727 g/mol. The van der Waals surface area contributed by atoms with Crippen LogP contribution < -0.4 is 19.5 Å². The summed E-state index contributed by atoms with van der Waals surface area (Å²) >= 11 is 12.6. The fourth-order valence-electron chi connectivity index (χ4n) is 7.90. The van der Waals surface area contributed by atoms with Crippen molar-refractivity contribution in [2.45, 2.75) is 83.2 Å². The van der Waals surface area contributed by atoms with Gasteiger partial charge in [-0.25, -0.2) is 0 Å². The highest BCUT2D eigenvalue weighted by molar-refractivity contribution is 6.37. The number of hydrogen-bond donors (Lipinski definition) is 2. The Morgan fingerprint density at radius 3 is 2.22 bits per heavy atom. The van der Waals surface area contributed by atoms with E-state index in [4.69, 9.17) is 42.1 Å². The van der Waals surface area contributed by atoms with Gasteiger partial charge in [-0.15, -0.1) is 0 Å². The lowest BCUT2D eigenvalue weighted by Gasteiger charge is -2.36. The van der Waals surface area contributed by atoms with Gasteiger partial charge in [0.1, 0.15) is 24.7 Å². The molecule has 1 aliphatic heterocycles. The van der Waals surface area contributed by atoms with E-state index < -0.39 is 5.97 Å². The van der Waals surface area contributed by atoms with Crippen LogP contribution in [-0.2, 0) is 27.3 Å². The zero-order valence-electron chi connectivity index (χ0n) is 31.5. The second kappa shape index (κ2) is 19.4. The van der Waals surface area contributed by atoms with Gasteiger partial charge in [-0.1, -0.05) is 41.4 Å². The van der Waals surface area contributed by atoms with E-state index in [0.717, 1.165) is 79.7 Å². The summed E-state index contributed by atoms with van der Waals surface area (Å²) in [7, 11) is 1.72. The molecule has 54 heavy (non-hydrogen) atoms. The number of halogens is 2. The number of aliphatic carboxylic acids is 1. The zero-order valence-corrected chi connectivity index (χ0v) is 33.0. The van der Waals surface area contributed by atoms with E-state index in [1.807, 2.05) is 31.2 Å². The lowest BCUT2D eigenvalue weighted by atomic mass is 9.80. The Labute approximate surface area is 329 Å². The molecule has 0 spiro atoms. The maximum atomic E-state index is 14.5.